The molecule has 0 aliphatic carbocycles. The van der Waals surface area contributed by atoms with Crippen molar-refractivity contribution < 1.29 is 9.53 Å². The molecular weight excluding hydrogens is 382 g/mol. The third kappa shape index (κ3) is 4.19. The lowest BCUT2D eigenvalue weighted by Crippen LogP contribution is -2.49. The van der Waals surface area contributed by atoms with Crippen LogP contribution in [0.5, 0.6) is 0 Å². The maximum Gasteiger partial charge on any atom is 0.231 e. The standard InChI is InChI=1S/C23H27N3O2S/c1-29-16-11-20(21-24-18-9-5-6-10-19(18)25-21)26-22(27)23(12-14-28-15-13-23)17-7-3-2-4-8-17/h2-10,20H,11-16H2,1H3,(H,24,25)(H,26,27). The number of hydrogen-bond donors (Lipinski definition) is 2. The Labute approximate surface area is 175 Å². The van der Waals surface area contributed by atoms with E-state index >= 15 is 0 Å². The molecule has 1 atom stereocenters. The van der Waals surface area contributed by atoms with Gasteiger partial charge in [0.15, 0.2) is 0 Å². The molecule has 5 nitrogen and oxygen atoms in total. The van der Waals surface area contributed by atoms with Crippen LogP contribution in [0.3, 0.4) is 0 Å². The van der Waals surface area contributed by atoms with E-state index in [0.717, 1.165) is 34.6 Å². The smallest absolute Gasteiger partial charge is 0.231 e. The van der Waals surface area contributed by atoms with Gasteiger partial charge in [-0.1, -0.05) is 42.5 Å². The molecule has 1 saturated heterocycles. The van der Waals surface area contributed by atoms with Crippen molar-refractivity contribution >= 4 is 28.7 Å². The van der Waals surface area contributed by atoms with Gasteiger partial charge in [0.2, 0.25) is 5.91 Å². The number of ether oxygens (including phenoxy) is 1. The Kier molecular flexibility index (Phi) is 6.21. The van der Waals surface area contributed by atoms with Gasteiger partial charge in [-0.2, -0.15) is 11.8 Å². The molecule has 0 saturated carbocycles. The molecule has 1 amide bonds. The molecule has 4 rings (SSSR count). The van der Waals surface area contributed by atoms with Gasteiger partial charge in [-0.05, 0) is 49.0 Å². The first-order valence-electron chi connectivity index (χ1n) is 10.1. The zero-order valence-corrected chi connectivity index (χ0v) is 17.5. The topological polar surface area (TPSA) is 67.0 Å². The second kappa shape index (κ2) is 9.01. The Balaban J connectivity index is 1.64. The van der Waals surface area contributed by atoms with Gasteiger partial charge in [-0.15, -0.1) is 0 Å². The van der Waals surface area contributed by atoms with E-state index in [9.17, 15) is 4.79 Å². The van der Waals surface area contributed by atoms with E-state index < -0.39 is 5.41 Å². The molecule has 6 heteroatoms. The number of imidazole rings is 1. The highest BCUT2D eigenvalue weighted by Gasteiger charge is 2.42. The van der Waals surface area contributed by atoms with Crippen LogP contribution >= 0.6 is 11.8 Å². The van der Waals surface area contributed by atoms with Gasteiger partial charge in [0.05, 0.1) is 22.5 Å². The summed E-state index contributed by atoms with van der Waals surface area (Å²) in [6.07, 6.45) is 4.30. The number of para-hydroxylation sites is 2. The molecule has 1 aliphatic rings. The number of rotatable bonds is 7. The number of aromatic amines is 1. The van der Waals surface area contributed by atoms with Crippen LogP contribution in [-0.4, -0.2) is 41.1 Å². The van der Waals surface area contributed by atoms with Crippen LogP contribution in [0.1, 0.15) is 36.7 Å². The molecule has 0 bridgehead atoms. The SMILES string of the molecule is CSCCC(NC(=O)C1(c2ccccc2)CCOCC1)c1nc2ccccc2[nH]1. The lowest BCUT2D eigenvalue weighted by atomic mass is 9.73. The van der Waals surface area contributed by atoms with Gasteiger partial charge in [0, 0.05) is 13.2 Å². The monoisotopic (exact) mass is 409 g/mol. The lowest BCUT2D eigenvalue weighted by Gasteiger charge is -2.37. The van der Waals surface area contributed by atoms with Gasteiger partial charge in [-0.25, -0.2) is 4.98 Å². The van der Waals surface area contributed by atoms with Crippen molar-refractivity contribution in [2.45, 2.75) is 30.7 Å². The molecule has 152 valence electrons. The normalized spacial score (nSPS) is 17.1. The molecule has 1 aliphatic heterocycles. The van der Waals surface area contributed by atoms with E-state index in [1.54, 1.807) is 11.8 Å². The number of fused-ring (bicyclic) bond motifs is 1. The summed E-state index contributed by atoms with van der Waals surface area (Å²) in [5, 5.41) is 3.34. The first-order chi connectivity index (χ1) is 14.2. The Morgan fingerprint density at radius 1 is 1.17 bits per heavy atom. The molecular formula is C23H27N3O2S. The third-order valence-electron chi connectivity index (χ3n) is 5.76. The summed E-state index contributed by atoms with van der Waals surface area (Å²) in [6, 6.07) is 18.0. The van der Waals surface area contributed by atoms with Gasteiger partial charge >= 0.3 is 0 Å². The summed E-state index contributed by atoms with van der Waals surface area (Å²) in [5.41, 5.74) is 2.43. The fourth-order valence-electron chi connectivity index (χ4n) is 4.07. The summed E-state index contributed by atoms with van der Waals surface area (Å²) in [5.74, 6) is 1.84. The molecule has 1 unspecified atom stereocenters. The van der Waals surface area contributed by atoms with Crippen LogP contribution in [0, 0.1) is 0 Å². The average Bonchev–Trinajstić information content (AvgIpc) is 3.21. The van der Waals surface area contributed by atoms with Crippen molar-refractivity contribution in [3.63, 3.8) is 0 Å². The first kappa shape index (κ1) is 20.0. The van der Waals surface area contributed by atoms with E-state index in [4.69, 9.17) is 9.72 Å². The molecule has 29 heavy (non-hydrogen) atoms. The number of hydrogen-bond acceptors (Lipinski definition) is 4. The zero-order chi connectivity index (χ0) is 20.1. The molecule has 2 N–H and O–H groups in total. The third-order valence-corrected chi connectivity index (χ3v) is 6.41. The fraction of sp³-hybridized carbons (Fsp3) is 0.391. The van der Waals surface area contributed by atoms with Crippen LogP contribution in [0.15, 0.2) is 54.6 Å². The Bertz CT molecular complexity index is 918. The van der Waals surface area contributed by atoms with E-state index in [0.29, 0.717) is 26.1 Å². The number of nitrogens with zero attached hydrogens (tertiary/aromatic N) is 1. The molecule has 0 spiro atoms. The average molecular weight is 410 g/mol. The van der Waals surface area contributed by atoms with Crippen molar-refractivity contribution in [3.05, 3.63) is 66.0 Å². The van der Waals surface area contributed by atoms with Crippen molar-refractivity contribution in [1.29, 1.82) is 0 Å². The van der Waals surface area contributed by atoms with Crippen LogP contribution in [0.25, 0.3) is 11.0 Å². The van der Waals surface area contributed by atoms with Crippen molar-refractivity contribution in [3.8, 4) is 0 Å². The number of amides is 1. The molecule has 2 heterocycles. The van der Waals surface area contributed by atoms with Crippen molar-refractivity contribution in [1.82, 2.24) is 15.3 Å². The van der Waals surface area contributed by atoms with Crippen LogP contribution in [0.2, 0.25) is 0 Å². The van der Waals surface area contributed by atoms with Gasteiger partial charge in [-0.3, -0.25) is 4.79 Å². The minimum absolute atomic E-state index is 0.0681. The largest absolute Gasteiger partial charge is 0.381 e. The zero-order valence-electron chi connectivity index (χ0n) is 16.7. The highest BCUT2D eigenvalue weighted by atomic mass is 32.2. The lowest BCUT2D eigenvalue weighted by molar-refractivity contribution is -0.131. The minimum atomic E-state index is -0.552. The van der Waals surface area contributed by atoms with E-state index in [1.165, 1.54) is 0 Å². The molecule has 0 radical (unpaired) electrons. The quantitative estimate of drug-likeness (QED) is 0.613. The number of H-pyrrole nitrogens is 1. The highest BCUT2D eigenvalue weighted by Crippen LogP contribution is 2.36. The van der Waals surface area contributed by atoms with Crippen LogP contribution in [0.4, 0.5) is 0 Å². The number of carbonyl (C=O) groups excluding carboxylic acids is 1. The van der Waals surface area contributed by atoms with Gasteiger partial charge in [0.1, 0.15) is 5.82 Å². The van der Waals surface area contributed by atoms with Crippen LogP contribution in [-0.2, 0) is 14.9 Å². The summed E-state index contributed by atoms with van der Waals surface area (Å²) in [7, 11) is 0. The number of carbonyl (C=O) groups is 1. The minimum Gasteiger partial charge on any atom is -0.381 e. The molecule has 1 fully saturated rings. The second-order valence-corrected chi connectivity index (χ2v) is 8.49. The van der Waals surface area contributed by atoms with E-state index in [1.807, 2.05) is 42.5 Å². The predicted octanol–water partition coefficient (Wildman–Crippen LogP) is 4.22. The predicted molar refractivity (Wildman–Crippen MR) is 118 cm³/mol. The van der Waals surface area contributed by atoms with Crippen molar-refractivity contribution in [2.75, 3.05) is 25.2 Å². The summed E-state index contributed by atoms with van der Waals surface area (Å²) >= 11 is 1.78. The number of thioether (sulfide) groups is 1. The Morgan fingerprint density at radius 2 is 1.90 bits per heavy atom. The summed E-state index contributed by atoms with van der Waals surface area (Å²) in [4.78, 5) is 21.8. The van der Waals surface area contributed by atoms with Crippen molar-refractivity contribution in [2.24, 2.45) is 0 Å². The number of aromatic nitrogens is 2. The molecule has 1 aromatic heterocycles. The summed E-state index contributed by atoms with van der Waals surface area (Å²) < 4.78 is 5.59. The van der Waals surface area contributed by atoms with Crippen LogP contribution < -0.4 is 5.32 Å². The Hall–Kier alpha value is -2.31. The van der Waals surface area contributed by atoms with Gasteiger partial charge in [0.25, 0.3) is 0 Å². The Morgan fingerprint density at radius 3 is 2.62 bits per heavy atom. The molecule has 2 aromatic carbocycles. The van der Waals surface area contributed by atoms with E-state index in [-0.39, 0.29) is 11.9 Å². The summed E-state index contributed by atoms with van der Waals surface area (Å²) in [6.45, 7) is 1.20. The highest BCUT2D eigenvalue weighted by molar-refractivity contribution is 7.98. The van der Waals surface area contributed by atoms with Gasteiger partial charge < -0.3 is 15.0 Å². The first-order valence-corrected chi connectivity index (χ1v) is 11.5. The second-order valence-electron chi connectivity index (χ2n) is 7.51. The van der Waals surface area contributed by atoms with E-state index in [2.05, 4.69) is 28.7 Å². The maximum atomic E-state index is 13.7. The fourth-order valence-corrected chi connectivity index (χ4v) is 4.54. The number of nitrogens with one attached hydrogen (secondary N) is 2. The molecule has 3 aromatic rings. The maximum absolute atomic E-state index is 13.7. The number of benzene rings is 2.